The molecule has 0 bridgehead atoms. The Balaban J connectivity index is 1.62. The number of rotatable bonds is 10. The van der Waals surface area contributed by atoms with Crippen molar-refractivity contribution >= 4 is 29.3 Å². The number of carbonyl (C=O) groups excluding carboxylic acids is 2. The van der Waals surface area contributed by atoms with Crippen LogP contribution in [0.25, 0.3) is 0 Å². The molecule has 1 saturated heterocycles. The number of nitrogens with one attached hydrogen (secondary N) is 4. The highest BCUT2D eigenvalue weighted by atomic mass is 16.4. The lowest BCUT2D eigenvalue weighted by atomic mass is 10.1. The number of aryl methyl sites for hydroxylation is 1. The molecule has 3 rings (SSSR count). The highest BCUT2D eigenvalue weighted by Crippen LogP contribution is 2.26. The first-order valence-electron chi connectivity index (χ1n) is 11.2. The molecule has 5 N–H and O–H groups in total. The van der Waals surface area contributed by atoms with Gasteiger partial charge in [-0.15, -0.1) is 0 Å². The van der Waals surface area contributed by atoms with Crippen LogP contribution in [0.4, 0.5) is 16.2 Å². The van der Waals surface area contributed by atoms with Gasteiger partial charge < -0.3 is 26.0 Å². The third kappa shape index (κ3) is 6.53. The van der Waals surface area contributed by atoms with Gasteiger partial charge in [-0.2, -0.15) is 5.11 Å². The second-order valence-corrected chi connectivity index (χ2v) is 8.21. The summed E-state index contributed by atoms with van der Waals surface area (Å²) in [6.07, 6.45) is 0.702. The molecule has 1 aliphatic heterocycles. The van der Waals surface area contributed by atoms with Gasteiger partial charge in [-0.05, 0) is 42.5 Å². The van der Waals surface area contributed by atoms with Crippen molar-refractivity contribution in [1.82, 2.24) is 15.5 Å². The summed E-state index contributed by atoms with van der Waals surface area (Å²) in [4.78, 5) is 38.5. The van der Waals surface area contributed by atoms with Crippen LogP contribution in [0.15, 0.2) is 53.6 Å². The molecule has 0 spiro atoms. The van der Waals surface area contributed by atoms with Crippen LogP contribution in [-0.2, 0) is 22.6 Å². The first kappa shape index (κ1) is 24.7. The second-order valence-electron chi connectivity index (χ2n) is 8.21. The molecule has 1 heterocycles. The highest BCUT2D eigenvalue weighted by molar-refractivity contribution is 5.88. The van der Waals surface area contributed by atoms with Gasteiger partial charge in [0.15, 0.2) is 0 Å². The smallest absolute Gasteiger partial charge is 0.404 e. The van der Waals surface area contributed by atoms with E-state index in [0.29, 0.717) is 17.8 Å². The van der Waals surface area contributed by atoms with E-state index in [1.807, 2.05) is 36.4 Å². The number of carboxylic acid groups (broad SMARTS) is 1. The van der Waals surface area contributed by atoms with Gasteiger partial charge in [0.2, 0.25) is 11.8 Å². The monoisotopic (exact) mass is 466 g/mol. The predicted molar refractivity (Wildman–Crippen MR) is 127 cm³/mol. The van der Waals surface area contributed by atoms with E-state index in [9.17, 15) is 14.4 Å². The van der Waals surface area contributed by atoms with E-state index in [-0.39, 0.29) is 37.7 Å². The van der Waals surface area contributed by atoms with Crippen LogP contribution >= 0.6 is 0 Å². The lowest BCUT2D eigenvalue weighted by molar-refractivity contribution is -0.138. The van der Waals surface area contributed by atoms with Crippen LogP contribution in [0.2, 0.25) is 0 Å². The Kier molecular flexibility index (Phi) is 8.55. The van der Waals surface area contributed by atoms with E-state index >= 15 is 0 Å². The zero-order valence-corrected chi connectivity index (χ0v) is 19.1. The number of amides is 3. The fourth-order valence-corrected chi connectivity index (χ4v) is 4.17. The molecule has 0 saturated carbocycles. The summed E-state index contributed by atoms with van der Waals surface area (Å²) >= 11 is 0. The standard InChI is InChI=1S/C24H30N6O4/c1-26-19-11-10-17(12-20(19)29-25)14-27-23(32)21-13-18(28-24(33)34)15-30(21)22(31)9-5-8-16-6-3-2-4-7-16/h2-4,6-7,10-12,18,21,25-26,28H,5,8-9,13-15H2,1H3,(H,27,32)(H,33,34). The lowest BCUT2D eigenvalue weighted by Crippen LogP contribution is -2.45. The molecule has 0 aromatic heterocycles. The first-order valence-corrected chi connectivity index (χ1v) is 11.2. The van der Waals surface area contributed by atoms with E-state index in [2.05, 4.69) is 21.1 Å². The van der Waals surface area contributed by atoms with Crippen molar-refractivity contribution < 1.29 is 19.5 Å². The number of hydrogen-bond donors (Lipinski definition) is 5. The molecule has 10 heteroatoms. The van der Waals surface area contributed by atoms with Gasteiger partial charge >= 0.3 is 6.09 Å². The lowest BCUT2D eigenvalue weighted by Gasteiger charge is -2.24. The Morgan fingerprint density at radius 2 is 1.91 bits per heavy atom. The molecule has 2 aromatic carbocycles. The van der Waals surface area contributed by atoms with Gasteiger partial charge in [0.25, 0.3) is 0 Å². The molecule has 2 atom stereocenters. The Morgan fingerprint density at radius 1 is 1.15 bits per heavy atom. The molecule has 10 nitrogen and oxygen atoms in total. The Morgan fingerprint density at radius 3 is 2.59 bits per heavy atom. The van der Waals surface area contributed by atoms with Crippen molar-refractivity contribution in [1.29, 1.82) is 5.53 Å². The molecule has 180 valence electrons. The van der Waals surface area contributed by atoms with Crippen molar-refractivity contribution in [3.05, 3.63) is 59.7 Å². The average molecular weight is 467 g/mol. The summed E-state index contributed by atoms with van der Waals surface area (Å²) in [6.45, 7) is 0.363. The zero-order chi connectivity index (χ0) is 24.5. The highest BCUT2D eigenvalue weighted by Gasteiger charge is 2.39. The minimum Gasteiger partial charge on any atom is -0.465 e. The maximum atomic E-state index is 13.0. The Labute approximate surface area is 198 Å². The molecular formula is C24H30N6O4. The fraction of sp³-hybridized carbons (Fsp3) is 0.375. The van der Waals surface area contributed by atoms with E-state index < -0.39 is 18.2 Å². The van der Waals surface area contributed by atoms with E-state index in [1.165, 1.54) is 4.90 Å². The van der Waals surface area contributed by atoms with Crippen molar-refractivity contribution in [3.8, 4) is 0 Å². The van der Waals surface area contributed by atoms with Crippen molar-refractivity contribution in [2.24, 2.45) is 5.11 Å². The molecule has 0 aliphatic carbocycles. The van der Waals surface area contributed by atoms with Crippen LogP contribution in [0.3, 0.4) is 0 Å². The van der Waals surface area contributed by atoms with E-state index in [0.717, 1.165) is 17.5 Å². The summed E-state index contributed by atoms with van der Waals surface area (Å²) in [7, 11) is 1.73. The van der Waals surface area contributed by atoms with Crippen LogP contribution < -0.4 is 16.0 Å². The normalized spacial score (nSPS) is 17.1. The van der Waals surface area contributed by atoms with Crippen molar-refractivity contribution in [3.63, 3.8) is 0 Å². The number of anilines is 1. The summed E-state index contributed by atoms with van der Waals surface area (Å²) in [5.41, 5.74) is 10.4. The predicted octanol–water partition coefficient (Wildman–Crippen LogP) is 3.27. The number of carbonyl (C=O) groups is 3. The molecule has 3 amide bonds. The first-order chi connectivity index (χ1) is 16.4. The number of nitrogens with zero attached hydrogens (tertiary/aromatic N) is 2. The van der Waals surface area contributed by atoms with Crippen LogP contribution in [0.5, 0.6) is 0 Å². The number of hydrogen-bond acceptors (Lipinski definition) is 6. The number of benzene rings is 2. The molecule has 34 heavy (non-hydrogen) atoms. The Hall–Kier alpha value is -3.95. The molecule has 1 aliphatic rings. The topological polar surface area (TPSA) is 147 Å². The molecule has 2 aromatic rings. The molecule has 1 fully saturated rings. The molecule has 2 unspecified atom stereocenters. The summed E-state index contributed by atoms with van der Waals surface area (Å²) in [5, 5.41) is 20.8. The van der Waals surface area contributed by atoms with Gasteiger partial charge in [-0.25, -0.2) is 10.3 Å². The summed E-state index contributed by atoms with van der Waals surface area (Å²) < 4.78 is 0. The average Bonchev–Trinajstić information content (AvgIpc) is 3.26. The third-order valence-electron chi connectivity index (χ3n) is 5.87. The van der Waals surface area contributed by atoms with Crippen LogP contribution in [0.1, 0.15) is 30.4 Å². The van der Waals surface area contributed by atoms with E-state index in [4.69, 9.17) is 10.6 Å². The fourth-order valence-electron chi connectivity index (χ4n) is 4.17. The van der Waals surface area contributed by atoms with Gasteiger partial charge in [0, 0.05) is 26.6 Å². The third-order valence-corrected chi connectivity index (χ3v) is 5.87. The molecular weight excluding hydrogens is 436 g/mol. The SMILES string of the molecule is CNc1ccc(CNC(=O)C2CC(NC(=O)O)CN2C(=O)CCCc2ccccc2)cc1N=N. The summed E-state index contributed by atoms with van der Waals surface area (Å²) in [5.74, 6) is -0.507. The van der Waals surface area contributed by atoms with Crippen molar-refractivity contribution in [2.45, 2.75) is 44.3 Å². The van der Waals surface area contributed by atoms with Crippen LogP contribution in [-0.4, -0.2) is 53.6 Å². The van der Waals surface area contributed by atoms with Gasteiger partial charge in [0.05, 0.1) is 11.7 Å². The minimum absolute atomic E-state index is 0.160. The van der Waals surface area contributed by atoms with E-state index in [1.54, 1.807) is 19.2 Å². The maximum absolute atomic E-state index is 13.0. The van der Waals surface area contributed by atoms with Crippen LogP contribution in [0, 0.1) is 5.53 Å². The zero-order valence-electron chi connectivity index (χ0n) is 19.1. The summed E-state index contributed by atoms with van der Waals surface area (Å²) in [6, 6.07) is 13.9. The maximum Gasteiger partial charge on any atom is 0.404 e. The largest absolute Gasteiger partial charge is 0.465 e. The van der Waals surface area contributed by atoms with Crippen molar-refractivity contribution in [2.75, 3.05) is 18.9 Å². The van der Waals surface area contributed by atoms with Gasteiger partial charge in [0.1, 0.15) is 11.7 Å². The van der Waals surface area contributed by atoms with Gasteiger partial charge in [-0.1, -0.05) is 36.4 Å². The minimum atomic E-state index is -1.18. The Bertz CT molecular complexity index is 1030. The second kappa shape index (κ2) is 11.8. The van der Waals surface area contributed by atoms with Gasteiger partial charge in [-0.3, -0.25) is 9.59 Å². The quantitative estimate of drug-likeness (QED) is 0.341. The number of likely N-dealkylation sites (tertiary alicyclic amines) is 1. The molecule has 0 radical (unpaired) electrons.